The Hall–Kier alpha value is -7.52. The lowest BCUT2D eigenvalue weighted by atomic mass is 9.81. The van der Waals surface area contributed by atoms with Crippen LogP contribution in [0.4, 0.5) is 4.39 Å². The van der Waals surface area contributed by atoms with E-state index in [-0.39, 0.29) is 117 Å². The predicted octanol–water partition coefficient (Wildman–Crippen LogP) is 2.61. The largest absolute Gasteiger partial charge is 0.458 e. The number of halogens is 1. The van der Waals surface area contributed by atoms with E-state index in [1.807, 2.05) is 0 Å². The van der Waals surface area contributed by atoms with Crippen LogP contribution < -0.4 is 26.8 Å². The number of ketones is 2. The molecule has 2 aromatic carbocycles. The Balaban J connectivity index is 0.866. The summed E-state index contributed by atoms with van der Waals surface area (Å²) in [6.07, 6.45) is 1.31. The number of likely N-dealkylation sites (tertiary alicyclic amines) is 1. The van der Waals surface area contributed by atoms with Crippen molar-refractivity contribution in [3.05, 3.63) is 97.6 Å². The van der Waals surface area contributed by atoms with Gasteiger partial charge in [-0.05, 0) is 73.8 Å². The molecule has 76 heavy (non-hydrogen) atoms. The second-order valence-electron chi connectivity index (χ2n) is 20.1. The van der Waals surface area contributed by atoms with Crippen LogP contribution in [-0.2, 0) is 79.5 Å². The number of imide groups is 1. The lowest BCUT2D eigenvalue weighted by molar-refractivity contribution is -0.172. The second-order valence-corrected chi connectivity index (χ2v) is 20.1. The van der Waals surface area contributed by atoms with E-state index in [1.54, 1.807) is 51.1 Å². The molecule has 1 unspecified atom stereocenters. The van der Waals surface area contributed by atoms with E-state index in [4.69, 9.17) is 9.72 Å². The molecule has 0 bridgehead atoms. The molecule has 6 amide bonds. The summed E-state index contributed by atoms with van der Waals surface area (Å²) in [5.74, 6) is -5.47. The molecule has 1 aliphatic carbocycles. The Morgan fingerprint density at radius 2 is 1.62 bits per heavy atom. The van der Waals surface area contributed by atoms with Gasteiger partial charge in [-0.2, -0.15) is 0 Å². The number of pyridine rings is 2. The van der Waals surface area contributed by atoms with E-state index >= 15 is 4.39 Å². The number of amides is 6. The van der Waals surface area contributed by atoms with Gasteiger partial charge in [-0.15, -0.1) is 0 Å². The van der Waals surface area contributed by atoms with Gasteiger partial charge in [0.1, 0.15) is 18.5 Å². The van der Waals surface area contributed by atoms with Gasteiger partial charge in [0.05, 0.1) is 54.2 Å². The fourth-order valence-corrected chi connectivity index (χ4v) is 10.6. The van der Waals surface area contributed by atoms with Gasteiger partial charge in [0, 0.05) is 73.6 Å². The zero-order valence-corrected chi connectivity index (χ0v) is 42.7. The summed E-state index contributed by atoms with van der Waals surface area (Å²) in [6, 6.07) is 8.30. The molecule has 4 aromatic rings. The highest BCUT2D eigenvalue weighted by Crippen LogP contribution is 2.46. The quantitative estimate of drug-likeness (QED) is 0.0312. The number of Topliss-reactive ketones (excluding diaryl/α,β-unsaturated/α-hetero) is 2. The van der Waals surface area contributed by atoms with Crippen LogP contribution in [0.25, 0.3) is 22.3 Å². The van der Waals surface area contributed by atoms with Gasteiger partial charge in [-0.1, -0.05) is 50.6 Å². The van der Waals surface area contributed by atoms with E-state index in [2.05, 4.69) is 21.3 Å². The van der Waals surface area contributed by atoms with Gasteiger partial charge in [0.25, 0.3) is 5.56 Å². The Labute approximate surface area is 436 Å². The second kappa shape index (κ2) is 23.2. The van der Waals surface area contributed by atoms with Crippen LogP contribution >= 0.6 is 0 Å². The average Bonchev–Trinajstić information content (AvgIpc) is 3.89. The maximum atomic E-state index is 15.5. The number of fused-ring (bicyclic) bond motifs is 5. The van der Waals surface area contributed by atoms with Crippen LogP contribution in [0.3, 0.4) is 0 Å². The minimum absolute atomic E-state index is 0.00714. The summed E-state index contributed by atoms with van der Waals surface area (Å²) in [4.78, 5) is 136. The molecule has 3 aliphatic heterocycles. The van der Waals surface area contributed by atoms with E-state index in [0.29, 0.717) is 71.1 Å². The van der Waals surface area contributed by atoms with Crippen molar-refractivity contribution in [2.24, 2.45) is 5.92 Å². The fraction of sp³-hybridized carbons (Fsp3) is 0.473. The van der Waals surface area contributed by atoms with Crippen LogP contribution in [0.1, 0.15) is 129 Å². The number of aryl methyl sites for hydroxylation is 1. The van der Waals surface area contributed by atoms with Crippen LogP contribution in [0.15, 0.2) is 47.3 Å². The molecule has 5 atom stereocenters. The zero-order chi connectivity index (χ0) is 54.6. The molecule has 20 nitrogen and oxygen atoms in total. The Morgan fingerprint density at radius 3 is 2.32 bits per heavy atom. The molecule has 6 N–H and O–H groups in total. The van der Waals surface area contributed by atoms with Gasteiger partial charge in [-0.3, -0.25) is 48.1 Å². The topological polar surface area (TPSA) is 290 Å². The summed E-state index contributed by atoms with van der Waals surface area (Å²) in [5, 5.41) is 33.1. The third-order valence-electron chi connectivity index (χ3n) is 15.0. The van der Waals surface area contributed by atoms with Gasteiger partial charge >= 0.3 is 5.97 Å². The molecule has 0 radical (unpaired) electrons. The van der Waals surface area contributed by atoms with E-state index in [1.165, 1.54) is 21.6 Å². The Bertz CT molecular complexity index is 3100. The van der Waals surface area contributed by atoms with E-state index < -0.39 is 83.4 Å². The number of cyclic esters (lactones) is 1. The lowest BCUT2D eigenvalue weighted by Crippen LogP contribution is -2.50. The first kappa shape index (κ1) is 54.7. The van der Waals surface area contributed by atoms with Crippen molar-refractivity contribution >= 4 is 63.9 Å². The molecule has 21 heteroatoms. The molecule has 8 rings (SSSR count). The number of aliphatic hydroxyl groups is 2. The monoisotopic (exact) mass is 1050 g/mol. The number of rotatable bonds is 23. The summed E-state index contributed by atoms with van der Waals surface area (Å²) in [6.45, 7) is 3.77. The smallest absolute Gasteiger partial charge is 0.343 e. The molecule has 1 fully saturated rings. The highest BCUT2D eigenvalue weighted by molar-refractivity contribution is 6.03. The fourth-order valence-electron chi connectivity index (χ4n) is 10.6. The number of hydrogen-bond acceptors (Lipinski definition) is 14. The molecule has 5 heterocycles. The third kappa shape index (κ3) is 11.3. The Morgan fingerprint density at radius 1 is 0.895 bits per heavy atom. The van der Waals surface area contributed by atoms with Crippen molar-refractivity contribution < 1.29 is 62.5 Å². The van der Waals surface area contributed by atoms with Crippen molar-refractivity contribution in [1.82, 2.24) is 35.7 Å². The first-order chi connectivity index (χ1) is 36.3. The maximum absolute atomic E-state index is 15.5. The Kier molecular flexibility index (Phi) is 16.7. The number of nitrogens with zero attached hydrogens (tertiary/aromatic N) is 3. The normalized spacial score (nSPS) is 19.0. The van der Waals surface area contributed by atoms with Crippen molar-refractivity contribution in [3.63, 3.8) is 0 Å². The van der Waals surface area contributed by atoms with Crippen molar-refractivity contribution in [3.8, 4) is 11.4 Å². The van der Waals surface area contributed by atoms with Crippen LogP contribution in [0.2, 0.25) is 0 Å². The summed E-state index contributed by atoms with van der Waals surface area (Å²) in [7, 11) is 0. The number of nitrogens with one attached hydrogen (secondary N) is 4. The first-order valence-corrected chi connectivity index (χ1v) is 25.8. The highest BCUT2D eigenvalue weighted by Gasteiger charge is 2.46. The molecule has 0 saturated carbocycles. The van der Waals surface area contributed by atoms with E-state index in [0.717, 1.165) is 0 Å². The third-order valence-corrected chi connectivity index (χ3v) is 15.0. The van der Waals surface area contributed by atoms with E-state index in [9.17, 15) is 58.2 Å². The van der Waals surface area contributed by atoms with Crippen molar-refractivity contribution in [2.45, 2.75) is 141 Å². The van der Waals surface area contributed by atoms with Gasteiger partial charge < -0.3 is 40.8 Å². The van der Waals surface area contributed by atoms with Crippen molar-refractivity contribution in [1.29, 1.82) is 0 Å². The van der Waals surface area contributed by atoms with Crippen LogP contribution in [0.5, 0.6) is 0 Å². The highest BCUT2D eigenvalue weighted by atomic mass is 19.1. The van der Waals surface area contributed by atoms with Gasteiger partial charge in [0.15, 0.2) is 17.2 Å². The average molecular weight is 1050 g/mol. The number of carbonyl (C=O) groups excluding carboxylic acids is 9. The minimum atomic E-state index is -2.08. The van der Waals surface area contributed by atoms with Crippen LogP contribution in [-0.4, -0.2) is 109 Å². The molecule has 2 aromatic heterocycles. The van der Waals surface area contributed by atoms with Crippen molar-refractivity contribution in [2.75, 3.05) is 19.7 Å². The number of aromatic nitrogens is 2. The summed E-state index contributed by atoms with van der Waals surface area (Å²) >= 11 is 0. The number of aliphatic hydroxyl groups excluding tert-OH is 1. The number of ether oxygens (including phenoxy) is 1. The first-order valence-electron chi connectivity index (χ1n) is 25.8. The van der Waals surface area contributed by atoms with Gasteiger partial charge in [-0.25, -0.2) is 14.2 Å². The number of esters is 1. The molecule has 4 aliphatic rings. The molecule has 1 saturated heterocycles. The molecule has 0 spiro atoms. The molecule has 402 valence electrons. The standard InChI is InChI=1S/C55H62FN7O13/c1-4-55(75)36-23-42-50-34(26-63(42)53(73)35(36)28-76-54(55)74)49-38(16-15-33-30(3)37(56)24-40(60-50)48(33)49)61-51(71)41(27-64)59-46(69)19-17-43(66)39(22-31-11-7-5-8-12-31)58-45(68)18-14-32(65)25-57-44(67)13-9-6-10-20-62-47(70)21-29(2)52(62)72/h5,7-8,11-12,23-24,29,38-39,41,64,75H,4,6,9-10,13-22,25-28H2,1-3H3,(H,57,67)(H,58,68)(H,59,69)(H,61,71)/t29?,38-,39-,41-,55-/m0/s1. The molecular formula is C55H62FN7O13. The van der Waals surface area contributed by atoms with Gasteiger partial charge in [0.2, 0.25) is 35.4 Å². The number of carbonyl (C=O) groups is 9. The minimum Gasteiger partial charge on any atom is -0.458 e. The molecular weight excluding hydrogens is 986 g/mol. The number of benzene rings is 2. The van der Waals surface area contributed by atoms with Crippen LogP contribution in [0, 0.1) is 18.7 Å². The zero-order valence-electron chi connectivity index (χ0n) is 42.7. The summed E-state index contributed by atoms with van der Waals surface area (Å²) in [5.41, 5.74) is 1.35. The summed E-state index contributed by atoms with van der Waals surface area (Å²) < 4.78 is 22.1. The predicted molar refractivity (Wildman–Crippen MR) is 270 cm³/mol. The number of hydrogen-bond donors (Lipinski definition) is 6. The number of unbranched alkanes of at least 4 members (excludes halogenated alkanes) is 2. The lowest BCUT2D eigenvalue weighted by Gasteiger charge is -2.31. The SMILES string of the molecule is CC[C@@]1(O)C(=O)OCc2c1cc1n(c2=O)Cc2c-1nc1cc(F)c(C)c3c1c2[C@@H](NC(=O)[C@H](CO)NC(=O)CCC(=O)[C@H](Cc1ccccc1)NC(=O)CCC(=O)CNC(=O)CCCCCN1C(=O)CC(C)C1=O)CC3. The maximum Gasteiger partial charge on any atom is 0.343 e.